The van der Waals surface area contributed by atoms with Gasteiger partial charge in [-0.05, 0) is 43.7 Å². The Hall–Kier alpha value is -1.06. The van der Waals surface area contributed by atoms with Crippen LogP contribution in [0.25, 0.3) is 0 Å². The van der Waals surface area contributed by atoms with Crippen LogP contribution < -0.4 is 10.1 Å². The Labute approximate surface area is 93.4 Å². The van der Waals surface area contributed by atoms with Crippen molar-refractivity contribution in [2.45, 2.75) is 18.9 Å². The third kappa shape index (κ3) is 2.70. The van der Waals surface area contributed by atoms with E-state index in [2.05, 4.69) is 5.32 Å². The summed E-state index contributed by atoms with van der Waals surface area (Å²) in [6.45, 7) is 0.889. The van der Waals surface area contributed by atoms with Crippen molar-refractivity contribution in [3.63, 3.8) is 0 Å². The zero-order valence-corrected chi connectivity index (χ0v) is 8.96. The molecule has 4 heteroatoms. The van der Waals surface area contributed by atoms with Gasteiger partial charge >= 0.3 is 5.97 Å². The van der Waals surface area contributed by atoms with Gasteiger partial charge in [-0.3, -0.25) is 0 Å². The first-order valence-corrected chi connectivity index (χ1v) is 5.34. The SMILES string of the molecule is O=C(Oc1ccc(Cl)cc1)C1CCCN1. The Morgan fingerprint density at radius 3 is 2.73 bits per heavy atom. The van der Waals surface area contributed by atoms with Gasteiger partial charge in [0.2, 0.25) is 0 Å². The van der Waals surface area contributed by atoms with Gasteiger partial charge in [-0.15, -0.1) is 0 Å². The fraction of sp³-hybridized carbons (Fsp3) is 0.364. The minimum absolute atomic E-state index is 0.152. The molecule has 1 unspecified atom stereocenters. The first-order valence-electron chi connectivity index (χ1n) is 4.96. The van der Waals surface area contributed by atoms with E-state index in [1.54, 1.807) is 24.3 Å². The summed E-state index contributed by atoms with van der Waals surface area (Å²) in [7, 11) is 0. The van der Waals surface area contributed by atoms with Gasteiger partial charge in [-0.25, -0.2) is 4.79 Å². The van der Waals surface area contributed by atoms with Crippen LogP contribution in [0, 0.1) is 0 Å². The van der Waals surface area contributed by atoms with Crippen molar-refractivity contribution < 1.29 is 9.53 Å². The van der Waals surface area contributed by atoms with E-state index in [4.69, 9.17) is 16.3 Å². The molecule has 1 fully saturated rings. The molecule has 0 aromatic heterocycles. The molecule has 0 amide bonds. The topological polar surface area (TPSA) is 38.3 Å². The van der Waals surface area contributed by atoms with Crippen molar-refractivity contribution >= 4 is 17.6 Å². The number of carbonyl (C=O) groups is 1. The molecule has 1 N–H and O–H groups in total. The first-order chi connectivity index (χ1) is 7.25. The minimum atomic E-state index is -0.213. The molecule has 15 heavy (non-hydrogen) atoms. The van der Waals surface area contributed by atoms with Crippen molar-refractivity contribution in [2.75, 3.05) is 6.54 Å². The summed E-state index contributed by atoms with van der Waals surface area (Å²) in [5, 5.41) is 3.72. The van der Waals surface area contributed by atoms with Crippen LogP contribution >= 0.6 is 11.6 Å². The van der Waals surface area contributed by atoms with E-state index in [1.165, 1.54) is 0 Å². The Kier molecular flexibility index (Phi) is 3.23. The standard InChI is InChI=1S/C11H12ClNO2/c12-8-3-5-9(6-4-8)15-11(14)10-2-1-7-13-10/h3-6,10,13H,1-2,7H2. The first kappa shape index (κ1) is 10.5. The van der Waals surface area contributed by atoms with E-state index >= 15 is 0 Å². The molecule has 1 aromatic rings. The second-order valence-electron chi connectivity index (χ2n) is 3.52. The quantitative estimate of drug-likeness (QED) is 0.618. The number of ether oxygens (including phenoxy) is 1. The molecular weight excluding hydrogens is 214 g/mol. The molecule has 1 aliphatic rings. The van der Waals surface area contributed by atoms with Crippen LogP contribution in [-0.2, 0) is 4.79 Å². The van der Waals surface area contributed by atoms with E-state index in [9.17, 15) is 4.79 Å². The molecule has 80 valence electrons. The van der Waals surface area contributed by atoms with Crippen molar-refractivity contribution in [1.82, 2.24) is 5.32 Å². The molecular formula is C11H12ClNO2. The number of rotatable bonds is 2. The molecule has 1 heterocycles. The Balaban J connectivity index is 1.96. The van der Waals surface area contributed by atoms with E-state index < -0.39 is 0 Å². The van der Waals surface area contributed by atoms with E-state index in [0.29, 0.717) is 10.8 Å². The van der Waals surface area contributed by atoms with Gasteiger partial charge in [0.25, 0.3) is 0 Å². The number of hydrogen-bond donors (Lipinski definition) is 1. The molecule has 1 aromatic carbocycles. The van der Waals surface area contributed by atoms with Gasteiger partial charge in [0.05, 0.1) is 0 Å². The van der Waals surface area contributed by atoms with Gasteiger partial charge in [-0.2, -0.15) is 0 Å². The third-order valence-electron chi connectivity index (χ3n) is 2.38. The predicted molar refractivity (Wildman–Crippen MR) is 58.1 cm³/mol. The number of esters is 1. The fourth-order valence-corrected chi connectivity index (χ4v) is 1.70. The maximum absolute atomic E-state index is 11.6. The van der Waals surface area contributed by atoms with Gasteiger partial charge in [0.15, 0.2) is 0 Å². The van der Waals surface area contributed by atoms with Crippen molar-refractivity contribution in [1.29, 1.82) is 0 Å². The number of halogens is 1. The van der Waals surface area contributed by atoms with Crippen LogP contribution in [0.5, 0.6) is 5.75 Å². The second kappa shape index (κ2) is 4.64. The predicted octanol–water partition coefficient (Wildman–Crippen LogP) is 2.00. The van der Waals surface area contributed by atoms with Gasteiger partial charge < -0.3 is 10.1 Å². The largest absolute Gasteiger partial charge is 0.425 e. The van der Waals surface area contributed by atoms with E-state index in [0.717, 1.165) is 19.4 Å². The highest BCUT2D eigenvalue weighted by atomic mass is 35.5. The van der Waals surface area contributed by atoms with Crippen LogP contribution in [0.1, 0.15) is 12.8 Å². The second-order valence-corrected chi connectivity index (χ2v) is 3.96. The molecule has 0 bridgehead atoms. The van der Waals surface area contributed by atoms with Crippen molar-refractivity contribution in [2.24, 2.45) is 0 Å². The fourth-order valence-electron chi connectivity index (χ4n) is 1.58. The monoisotopic (exact) mass is 225 g/mol. The number of benzene rings is 1. The molecule has 2 rings (SSSR count). The molecule has 1 atom stereocenters. The lowest BCUT2D eigenvalue weighted by Gasteiger charge is -2.09. The third-order valence-corrected chi connectivity index (χ3v) is 2.63. The molecule has 1 saturated heterocycles. The van der Waals surface area contributed by atoms with Crippen LogP contribution in [0.2, 0.25) is 5.02 Å². The lowest BCUT2D eigenvalue weighted by atomic mass is 10.2. The van der Waals surface area contributed by atoms with Gasteiger partial charge in [0, 0.05) is 5.02 Å². The smallest absolute Gasteiger partial charge is 0.328 e. The number of carbonyl (C=O) groups excluding carboxylic acids is 1. The van der Waals surface area contributed by atoms with E-state index in [1.807, 2.05) is 0 Å². The lowest BCUT2D eigenvalue weighted by Crippen LogP contribution is -2.34. The summed E-state index contributed by atoms with van der Waals surface area (Å²) < 4.78 is 5.19. The van der Waals surface area contributed by atoms with Gasteiger partial charge in [0.1, 0.15) is 11.8 Å². The van der Waals surface area contributed by atoms with E-state index in [-0.39, 0.29) is 12.0 Å². The maximum Gasteiger partial charge on any atom is 0.328 e. The molecule has 0 radical (unpaired) electrons. The zero-order valence-electron chi connectivity index (χ0n) is 8.20. The maximum atomic E-state index is 11.6. The Morgan fingerprint density at radius 1 is 1.40 bits per heavy atom. The Bertz CT molecular complexity index is 344. The van der Waals surface area contributed by atoms with Gasteiger partial charge in [-0.1, -0.05) is 11.6 Å². The summed E-state index contributed by atoms with van der Waals surface area (Å²) in [6, 6.07) is 6.63. The Morgan fingerprint density at radius 2 is 2.13 bits per heavy atom. The van der Waals surface area contributed by atoms with Crippen molar-refractivity contribution in [3.05, 3.63) is 29.3 Å². The highest BCUT2D eigenvalue weighted by molar-refractivity contribution is 6.30. The van der Waals surface area contributed by atoms with Crippen LogP contribution in [0.3, 0.4) is 0 Å². The normalized spacial score (nSPS) is 20.2. The highest BCUT2D eigenvalue weighted by Gasteiger charge is 2.23. The summed E-state index contributed by atoms with van der Waals surface area (Å²) in [5.74, 6) is 0.327. The highest BCUT2D eigenvalue weighted by Crippen LogP contribution is 2.17. The summed E-state index contributed by atoms with van der Waals surface area (Å²) in [4.78, 5) is 11.6. The molecule has 3 nitrogen and oxygen atoms in total. The average molecular weight is 226 g/mol. The van der Waals surface area contributed by atoms with Crippen LogP contribution in [0.15, 0.2) is 24.3 Å². The molecule has 1 aliphatic heterocycles. The molecule has 0 aliphatic carbocycles. The van der Waals surface area contributed by atoms with Crippen molar-refractivity contribution in [3.8, 4) is 5.75 Å². The average Bonchev–Trinajstić information content (AvgIpc) is 2.74. The number of nitrogens with one attached hydrogen (secondary N) is 1. The van der Waals surface area contributed by atoms with Crippen LogP contribution in [-0.4, -0.2) is 18.6 Å². The lowest BCUT2D eigenvalue weighted by molar-refractivity contribution is -0.136. The summed E-state index contributed by atoms with van der Waals surface area (Å²) >= 11 is 5.72. The zero-order chi connectivity index (χ0) is 10.7. The summed E-state index contributed by atoms with van der Waals surface area (Å²) in [6.07, 6.45) is 1.88. The summed E-state index contributed by atoms with van der Waals surface area (Å²) in [5.41, 5.74) is 0. The minimum Gasteiger partial charge on any atom is -0.425 e. The van der Waals surface area contributed by atoms with Crippen LogP contribution in [0.4, 0.5) is 0 Å². The number of hydrogen-bond acceptors (Lipinski definition) is 3. The molecule has 0 saturated carbocycles. The molecule has 0 spiro atoms.